The number of nitrogens with two attached hydrogens (primary N) is 1. The fourth-order valence-electron chi connectivity index (χ4n) is 1.17. The minimum Gasteiger partial charge on any atom is -0.368 e. The molecule has 0 radical (unpaired) electrons. The van der Waals surface area contributed by atoms with E-state index >= 15 is 0 Å². The summed E-state index contributed by atoms with van der Waals surface area (Å²) in [5, 5.41) is 2.98. The van der Waals surface area contributed by atoms with E-state index in [0.717, 1.165) is 0 Å². The van der Waals surface area contributed by atoms with Crippen molar-refractivity contribution in [2.75, 3.05) is 23.5 Å². The van der Waals surface area contributed by atoms with Gasteiger partial charge in [0, 0.05) is 18.9 Å². The summed E-state index contributed by atoms with van der Waals surface area (Å²) in [7, 11) is -3.14. The first-order valence-electron chi connectivity index (χ1n) is 5.41. The molecule has 4 N–H and O–H groups in total. The van der Waals surface area contributed by atoms with Crippen molar-refractivity contribution in [2.45, 2.75) is 25.5 Å². The molecule has 1 rings (SSSR count). The molecular weight excluding hydrogens is 254 g/mol. The summed E-state index contributed by atoms with van der Waals surface area (Å²) in [6, 6.07) is 1.62. The van der Waals surface area contributed by atoms with Crippen molar-refractivity contribution in [1.29, 1.82) is 0 Å². The van der Waals surface area contributed by atoms with Crippen LogP contribution < -0.4 is 16.6 Å². The van der Waals surface area contributed by atoms with Crippen molar-refractivity contribution in [3.63, 3.8) is 0 Å². The van der Waals surface area contributed by atoms with Gasteiger partial charge in [-0.15, -0.1) is 0 Å². The Hall–Kier alpha value is -1.41. The number of aryl methyl sites for hydroxylation is 1. The number of sulfone groups is 1. The van der Waals surface area contributed by atoms with Crippen molar-refractivity contribution in [2.24, 2.45) is 5.84 Å². The van der Waals surface area contributed by atoms with Gasteiger partial charge in [0.05, 0.1) is 4.75 Å². The van der Waals surface area contributed by atoms with Crippen molar-refractivity contribution in [3.8, 4) is 0 Å². The first-order valence-corrected chi connectivity index (χ1v) is 7.30. The van der Waals surface area contributed by atoms with E-state index in [4.69, 9.17) is 5.84 Å². The Balaban J connectivity index is 2.84. The molecule has 7 nitrogen and oxygen atoms in total. The first kappa shape index (κ1) is 14.7. The van der Waals surface area contributed by atoms with Crippen LogP contribution in [-0.2, 0) is 9.84 Å². The van der Waals surface area contributed by atoms with Crippen LogP contribution in [0, 0.1) is 6.92 Å². The van der Waals surface area contributed by atoms with Gasteiger partial charge in [-0.1, -0.05) is 0 Å². The van der Waals surface area contributed by atoms with E-state index in [2.05, 4.69) is 20.7 Å². The van der Waals surface area contributed by atoms with Crippen LogP contribution in [0.4, 0.5) is 11.6 Å². The standard InChI is InChI=1S/C10H19N5O2S/c1-7-13-8(5-9(14-7)15-11)12-6-10(2,3)18(4,16)17/h5H,6,11H2,1-4H3,(H2,12,13,14,15). The normalized spacial score (nSPS) is 12.3. The van der Waals surface area contributed by atoms with Gasteiger partial charge in [-0.25, -0.2) is 24.2 Å². The van der Waals surface area contributed by atoms with Gasteiger partial charge in [0.1, 0.15) is 17.5 Å². The van der Waals surface area contributed by atoms with Gasteiger partial charge in [0.25, 0.3) is 0 Å². The monoisotopic (exact) mass is 273 g/mol. The Morgan fingerprint density at radius 1 is 1.33 bits per heavy atom. The summed E-state index contributed by atoms with van der Waals surface area (Å²) in [5.41, 5.74) is 2.43. The largest absolute Gasteiger partial charge is 0.368 e. The number of hydrogen-bond acceptors (Lipinski definition) is 7. The minimum absolute atomic E-state index is 0.256. The van der Waals surface area contributed by atoms with Crippen LogP contribution in [0.2, 0.25) is 0 Å². The van der Waals surface area contributed by atoms with Gasteiger partial charge in [0.2, 0.25) is 0 Å². The molecule has 0 aliphatic heterocycles. The van der Waals surface area contributed by atoms with Gasteiger partial charge >= 0.3 is 0 Å². The van der Waals surface area contributed by atoms with Crippen LogP contribution in [0.1, 0.15) is 19.7 Å². The van der Waals surface area contributed by atoms with E-state index in [9.17, 15) is 8.42 Å². The summed E-state index contributed by atoms with van der Waals surface area (Å²) in [6.07, 6.45) is 1.22. The predicted octanol–water partition coefficient (Wildman–Crippen LogP) is 0.306. The Labute approximate surface area is 107 Å². The lowest BCUT2D eigenvalue weighted by Gasteiger charge is -2.23. The Bertz CT molecular complexity index is 527. The molecular formula is C10H19N5O2S. The van der Waals surface area contributed by atoms with E-state index in [0.29, 0.717) is 17.5 Å². The molecule has 8 heteroatoms. The van der Waals surface area contributed by atoms with Crippen molar-refractivity contribution < 1.29 is 8.42 Å². The van der Waals surface area contributed by atoms with Gasteiger partial charge in [-0.3, -0.25) is 0 Å². The van der Waals surface area contributed by atoms with Crippen molar-refractivity contribution in [3.05, 3.63) is 11.9 Å². The van der Waals surface area contributed by atoms with Crippen LogP contribution in [0.5, 0.6) is 0 Å². The summed E-state index contributed by atoms with van der Waals surface area (Å²) in [6.45, 7) is 5.30. The van der Waals surface area contributed by atoms with E-state index in [1.54, 1.807) is 26.8 Å². The smallest absolute Gasteiger partial charge is 0.154 e. The van der Waals surface area contributed by atoms with Gasteiger partial charge < -0.3 is 10.7 Å². The molecule has 1 aromatic heterocycles. The van der Waals surface area contributed by atoms with Crippen molar-refractivity contribution >= 4 is 21.5 Å². The molecule has 0 aliphatic rings. The zero-order valence-electron chi connectivity index (χ0n) is 11.0. The molecule has 0 saturated carbocycles. The Morgan fingerprint density at radius 2 is 1.89 bits per heavy atom. The van der Waals surface area contributed by atoms with Crippen LogP contribution >= 0.6 is 0 Å². The number of nitrogen functional groups attached to an aromatic ring is 1. The predicted molar refractivity (Wildman–Crippen MR) is 72.0 cm³/mol. The quantitative estimate of drug-likeness (QED) is 0.523. The average molecular weight is 273 g/mol. The molecule has 18 heavy (non-hydrogen) atoms. The van der Waals surface area contributed by atoms with Crippen LogP contribution in [0.3, 0.4) is 0 Å². The highest BCUT2D eigenvalue weighted by Crippen LogP contribution is 2.17. The molecule has 0 fully saturated rings. The highest BCUT2D eigenvalue weighted by molar-refractivity contribution is 7.92. The molecule has 102 valence electrons. The fraction of sp³-hybridized carbons (Fsp3) is 0.600. The summed E-state index contributed by atoms with van der Waals surface area (Å²) in [5.74, 6) is 6.83. The number of rotatable bonds is 5. The summed E-state index contributed by atoms with van der Waals surface area (Å²) < 4.78 is 22.2. The van der Waals surface area contributed by atoms with Gasteiger partial charge in [0.15, 0.2) is 9.84 Å². The number of anilines is 2. The van der Waals surface area contributed by atoms with Gasteiger partial charge in [-0.2, -0.15) is 0 Å². The van der Waals surface area contributed by atoms with E-state index < -0.39 is 14.6 Å². The lowest BCUT2D eigenvalue weighted by Crippen LogP contribution is -2.38. The molecule has 0 aliphatic carbocycles. The summed E-state index contributed by atoms with van der Waals surface area (Å²) >= 11 is 0. The average Bonchev–Trinajstić information content (AvgIpc) is 2.24. The number of hydrogen-bond donors (Lipinski definition) is 3. The third kappa shape index (κ3) is 3.54. The third-order valence-corrected chi connectivity index (χ3v) is 4.84. The SMILES string of the molecule is Cc1nc(NN)cc(NCC(C)(C)S(C)(=O)=O)n1. The Kier molecular flexibility index (Phi) is 4.12. The molecule has 0 bridgehead atoms. The molecule has 0 aromatic carbocycles. The number of nitrogens with one attached hydrogen (secondary N) is 2. The van der Waals surface area contributed by atoms with Crippen molar-refractivity contribution in [1.82, 2.24) is 9.97 Å². The lowest BCUT2D eigenvalue weighted by molar-refractivity contribution is 0.559. The highest BCUT2D eigenvalue weighted by Gasteiger charge is 2.29. The fourth-order valence-corrected chi connectivity index (χ4v) is 1.50. The maximum Gasteiger partial charge on any atom is 0.154 e. The number of nitrogens with zero attached hydrogens (tertiary/aromatic N) is 2. The Morgan fingerprint density at radius 3 is 2.39 bits per heavy atom. The summed E-state index contributed by atoms with van der Waals surface area (Å²) in [4.78, 5) is 8.19. The van der Waals surface area contributed by atoms with Gasteiger partial charge in [-0.05, 0) is 20.8 Å². The molecule has 0 atom stereocenters. The van der Waals surface area contributed by atoms with Crippen LogP contribution in [-0.4, -0.2) is 35.9 Å². The topological polar surface area (TPSA) is 110 Å². The highest BCUT2D eigenvalue weighted by atomic mass is 32.2. The second kappa shape index (κ2) is 5.07. The maximum absolute atomic E-state index is 11.6. The first-order chi connectivity index (χ1) is 8.15. The van der Waals surface area contributed by atoms with E-state index in [1.807, 2.05) is 0 Å². The second-order valence-electron chi connectivity index (χ2n) is 4.72. The molecule has 1 heterocycles. The number of hydrazine groups is 1. The van der Waals surface area contributed by atoms with E-state index in [-0.39, 0.29) is 6.54 Å². The minimum atomic E-state index is -3.14. The zero-order chi connectivity index (χ0) is 14.0. The number of aromatic nitrogens is 2. The molecule has 0 spiro atoms. The second-order valence-corrected chi connectivity index (χ2v) is 7.36. The molecule has 0 amide bonds. The van der Waals surface area contributed by atoms with Crippen LogP contribution in [0.15, 0.2) is 6.07 Å². The lowest BCUT2D eigenvalue weighted by atomic mass is 10.2. The van der Waals surface area contributed by atoms with Crippen LogP contribution in [0.25, 0.3) is 0 Å². The van der Waals surface area contributed by atoms with E-state index in [1.165, 1.54) is 6.26 Å². The molecule has 0 saturated heterocycles. The zero-order valence-corrected chi connectivity index (χ0v) is 11.8. The molecule has 1 aromatic rings. The third-order valence-electron chi connectivity index (χ3n) is 2.68. The molecule has 0 unspecified atom stereocenters. The maximum atomic E-state index is 11.6.